The fourth-order valence-corrected chi connectivity index (χ4v) is 3.95. The van der Waals surface area contributed by atoms with Crippen LogP contribution in [0.15, 0.2) is 84.4 Å². The van der Waals surface area contributed by atoms with Gasteiger partial charge in [-0.25, -0.2) is 0 Å². The second-order valence-corrected chi connectivity index (χ2v) is 8.54. The van der Waals surface area contributed by atoms with Crippen molar-refractivity contribution in [1.29, 1.82) is 5.26 Å². The van der Waals surface area contributed by atoms with Crippen LogP contribution in [0.4, 0.5) is 5.69 Å². The van der Waals surface area contributed by atoms with Crippen molar-refractivity contribution in [3.63, 3.8) is 0 Å². The molecule has 34 heavy (non-hydrogen) atoms. The van der Waals surface area contributed by atoms with Gasteiger partial charge in [0.15, 0.2) is 0 Å². The molecular formula is C28H20Cl2N2O2. The molecule has 0 aliphatic rings. The number of carbonyl (C=O) groups is 1. The number of amides is 1. The van der Waals surface area contributed by atoms with Crippen LogP contribution in [0.1, 0.15) is 16.7 Å². The fourth-order valence-electron chi connectivity index (χ4n) is 3.53. The average molecular weight is 487 g/mol. The molecule has 4 aromatic rings. The Labute approximate surface area is 208 Å². The summed E-state index contributed by atoms with van der Waals surface area (Å²) in [6.45, 7) is 2.21. The van der Waals surface area contributed by atoms with Gasteiger partial charge in [0.25, 0.3) is 5.91 Å². The van der Waals surface area contributed by atoms with Crippen LogP contribution < -0.4 is 10.1 Å². The van der Waals surface area contributed by atoms with Gasteiger partial charge in [0.2, 0.25) is 0 Å². The summed E-state index contributed by atoms with van der Waals surface area (Å²) in [5.41, 5.74) is 2.99. The Morgan fingerprint density at radius 2 is 1.82 bits per heavy atom. The second-order valence-electron chi connectivity index (χ2n) is 7.70. The number of fused-ring (bicyclic) bond motifs is 1. The molecule has 6 heteroatoms. The van der Waals surface area contributed by atoms with E-state index in [1.54, 1.807) is 36.4 Å². The van der Waals surface area contributed by atoms with Gasteiger partial charge in [0.1, 0.15) is 24.0 Å². The van der Waals surface area contributed by atoms with Gasteiger partial charge in [-0.2, -0.15) is 5.26 Å². The number of hydrogen-bond donors (Lipinski definition) is 1. The number of nitriles is 1. The van der Waals surface area contributed by atoms with E-state index in [9.17, 15) is 10.1 Å². The Bertz CT molecular complexity index is 1450. The van der Waals surface area contributed by atoms with Gasteiger partial charge in [-0.3, -0.25) is 4.79 Å². The number of nitrogens with one attached hydrogen (secondary N) is 1. The summed E-state index contributed by atoms with van der Waals surface area (Å²) in [4.78, 5) is 12.6. The summed E-state index contributed by atoms with van der Waals surface area (Å²) < 4.78 is 5.96. The Morgan fingerprint density at radius 3 is 2.62 bits per heavy atom. The minimum absolute atomic E-state index is 0.0557. The van der Waals surface area contributed by atoms with E-state index in [2.05, 4.69) is 23.5 Å². The molecule has 4 aromatic carbocycles. The first kappa shape index (κ1) is 23.4. The lowest BCUT2D eigenvalue weighted by molar-refractivity contribution is -0.112. The number of carbonyl (C=O) groups excluding carboxylic acids is 1. The maximum Gasteiger partial charge on any atom is 0.266 e. The first-order valence-electron chi connectivity index (χ1n) is 10.5. The van der Waals surface area contributed by atoms with Crippen LogP contribution >= 0.6 is 23.2 Å². The number of nitrogens with zero attached hydrogens (tertiary/aromatic N) is 1. The number of rotatable bonds is 6. The van der Waals surface area contributed by atoms with Gasteiger partial charge in [-0.1, -0.05) is 77.8 Å². The highest BCUT2D eigenvalue weighted by Crippen LogP contribution is 2.29. The van der Waals surface area contributed by atoms with Gasteiger partial charge in [0, 0.05) is 10.7 Å². The lowest BCUT2D eigenvalue weighted by Gasteiger charge is -2.11. The summed E-state index contributed by atoms with van der Waals surface area (Å²) in [5, 5.41) is 15.4. The van der Waals surface area contributed by atoms with Gasteiger partial charge in [-0.05, 0) is 64.7 Å². The number of halogens is 2. The molecule has 0 bridgehead atoms. The summed E-state index contributed by atoms with van der Waals surface area (Å²) in [7, 11) is 0. The van der Waals surface area contributed by atoms with E-state index in [0.717, 1.165) is 21.9 Å². The van der Waals surface area contributed by atoms with E-state index in [1.807, 2.05) is 37.3 Å². The Hall–Kier alpha value is -3.78. The van der Waals surface area contributed by atoms with Crippen molar-refractivity contribution in [3.8, 4) is 11.8 Å². The first-order valence-corrected chi connectivity index (χ1v) is 11.3. The van der Waals surface area contributed by atoms with Crippen LogP contribution in [-0.4, -0.2) is 5.91 Å². The van der Waals surface area contributed by atoms with E-state index in [-0.39, 0.29) is 5.57 Å². The molecule has 1 N–H and O–H groups in total. The zero-order chi connectivity index (χ0) is 24.1. The highest BCUT2D eigenvalue weighted by atomic mass is 35.5. The monoisotopic (exact) mass is 486 g/mol. The van der Waals surface area contributed by atoms with Crippen LogP contribution in [0.25, 0.3) is 16.8 Å². The molecule has 0 heterocycles. The molecule has 168 valence electrons. The normalized spacial score (nSPS) is 11.2. The predicted octanol–water partition coefficient (Wildman–Crippen LogP) is 7.58. The third kappa shape index (κ3) is 5.40. The lowest BCUT2D eigenvalue weighted by Crippen LogP contribution is -2.14. The first-order chi connectivity index (χ1) is 16.4. The van der Waals surface area contributed by atoms with E-state index in [4.69, 9.17) is 27.9 Å². The maximum atomic E-state index is 12.6. The number of aryl methyl sites for hydroxylation is 1. The third-order valence-corrected chi connectivity index (χ3v) is 5.87. The number of benzene rings is 4. The second kappa shape index (κ2) is 10.4. The van der Waals surface area contributed by atoms with Crippen LogP contribution in [0.3, 0.4) is 0 Å². The molecule has 1 amide bonds. The number of hydrogen-bond acceptors (Lipinski definition) is 3. The SMILES string of the molecule is Cc1ccc(Cl)cc1NC(=O)/C(C#N)=C/c1ccc(OCc2cccc3ccccc23)c(Cl)c1. The van der Waals surface area contributed by atoms with E-state index in [1.165, 1.54) is 6.08 Å². The lowest BCUT2D eigenvalue weighted by atomic mass is 10.1. The van der Waals surface area contributed by atoms with Crippen molar-refractivity contribution in [2.24, 2.45) is 0 Å². The molecule has 0 aliphatic heterocycles. The third-order valence-electron chi connectivity index (χ3n) is 5.34. The van der Waals surface area contributed by atoms with Gasteiger partial charge in [0.05, 0.1) is 5.02 Å². The molecule has 0 fully saturated rings. The number of ether oxygens (including phenoxy) is 1. The summed E-state index contributed by atoms with van der Waals surface area (Å²) in [6, 6.07) is 26.5. The van der Waals surface area contributed by atoms with Crippen LogP contribution in [0, 0.1) is 18.3 Å². The summed E-state index contributed by atoms with van der Waals surface area (Å²) >= 11 is 12.4. The molecule has 0 aromatic heterocycles. The Morgan fingerprint density at radius 1 is 1.03 bits per heavy atom. The highest BCUT2D eigenvalue weighted by Gasteiger charge is 2.12. The van der Waals surface area contributed by atoms with Crippen molar-refractivity contribution in [1.82, 2.24) is 0 Å². The van der Waals surface area contributed by atoms with Crippen molar-refractivity contribution in [2.45, 2.75) is 13.5 Å². The van der Waals surface area contributed by atoms with Crippen molar-refractivity contribution < 1.29 is 9.53 Å². The maximum absolute atomic E-state index is 12.6. The zero-order valence-electron chi connectivity index (χ0n) is 18.3. The zero-order valence-corrected chi connectivity index (χ0v) is 19.8. The van der Waals surface area contributed by atoms with Crippen molar-refractivity contribution in [3.05, 3.63) is 111 Å². The Kier molecular flexibility index (Phi) is 7.18. The molecule has 0 saturated carbocycles. The van der Waals surface area contributed by atoms with E-state index in [0.29, 0.717) is 33.7 Å². The standard InChI is InChI=1S/C28H20Cl2N2O2/c1-18-9-11-23(29)15-26(18)32-28(33)22(16-31)13-19-10-12-27(25(30)14-19)34-17-21-7-4-6-20-5-2-3-8-24(20)21/h2-15H,17H2,1H3,(H,32,33)/b22-13+. The molecule has 0 unspecified atom stereocenters. The molecule has 0 aliphatic carbocycles. The van der Waals surface area contributed by atoms with Gasteiger partial charge >= 0.3 is 0 Å². The van der Waals surface area contributed by atoms with E-state index < -0.39 is 5.91 Å². The topological polar surface area (TPSA) is 62.1 Å². The summed E-state index contributed by atoms with van der Waals surface area (Å²) in [6.07, 6.45) is 1.48. The van der Waals surface area contributed by atoms with Crippen LogP contribution in [0.5, 0.6) is 5.75 Å². The minimum Gasteiger partial charge on any atom is -0.487 e. The van der Waals surface area contributed by atoms with Crippen LogP contribution in [0.2, 0.25) is 10.0 Å². The average Bonchev–Trinajstić information content (AvgIpc) is 2.84. The van der Waals surface area contributed by atoms with Crippen molar-refractivity contribution in [2.75, 3.05) is 5.32 Å². The van der Waals surface area contributed by atoms with Crippen LogP contribution in [-0.2, 0) is 11.4 Å². The van der Waals surface area contributed by atoms with Gasteiger partial charge < -0.3 is 10.1 Å². The smallest absolute Gasteiger partial charge is 0.266 e. The minimum atomic E-state index is -0.528. The number of anilines is 1. The molecule has 0 spiro atoms. The fraction of sp³-hybridized carbons (Fsp3) is 0.0714. The van der Waals surface area contributed by atoms with Gasteiger partial charge in [-0.15, -0.1) is 0 Å². The highest BCUT2D eigenvalue weighted by molar-refractivity contribution is 6.32. The molecule has 0 radical (unpaired) electrons. The molecule has 0 saturated heterocycles. The quantitative estimate of drug-likeness (QED) is 0.225. The molecule has 0 atom stereocenters. The molecule has 4 rings (SSSR count). The predicted molar refractivity (Wildman–Crippen MR) is 138 cm³/mol. The van der Waals surface area contributed by atoms with Crippen molar-refractivity contribution >= 4 is 51.6 Å². The largest absolute Gasteiger partial charge is 0.487 e. The Balaban J connectivity index is 1.49. The summed E-state index contributed by atoms with van der Waals surface area (Å²) in [5.74, 6) is -0.00969. The molecular weight excluding hydrogens is 467 g/mol. The molecule has 4 nitrogen and oxygen atoms in total. The van der Waals surface area contributed by atoms with E-state index >= 15 is 0 Å².